The van der Waals surface area contributed by atoms with Crippen molar-refractivity contribution in [3.63, 3.8) is 0 Å². The summed E-state index contributed by atoms with van der Waals surface area (Å²) in [5.41, 5.74) is 2.27. The third-order valence-corrected chi connectivity index (χ3v) is 5.75. The van der Waals surface area contributed by atoms with E-state index in [1.54, 1.807) is 23.3 Å². The van der Waals surface area contributed by atoms with Gasteiger partial charge in [-0.3, -0.25) is 9.59 Å². The smallest absolute Gasteiger partial charge is 0.223 e. The van der Waals surface area contributed by atoms with Gasteiger partial charge >= 0.3 is 0 Å². The highest BCUT2D eigenvalue weighted by molar-refractivity contribution is 7.10. The molecule has 0 N–H and O–H groups in total. The van der Waals surface area contributed by atoms with Gasteiger partial charge in [0, 0.05) is 49.4 Å². The zero-order valence-corrected chi connectivity index (χ0v) is 15.8. The second-order valence-corrected chi connectivity index (χ2v) is 7.75. The molecule has 4 nitrogen and oxygen atoms in total. The van der Waals surface area contributed by atoms with Crippen LogP contribution in [0.4, 0.5) is 0 Å². The Morgan fingerprint density at radius 1 is 1.20 bits per heavy atom. The van der Waals surface area contributed by atoms with Crippen LogP contribution in [0.25, 0.3) is 0 Å². The Hall–Kier alpha value is -1.85. The number of thiophene rings is 1. The van der Waals surface area contributed by atoms with Gasteiger partial charge in [0.15, 0.2) is 0 Å². The minimum atomic E-state index is -0.0171. The Labute approximate surface area is 157 Å². The molecule has 0 fully saturated rings. The molecule has 1 aromatic carbocycles. The van der Waals surface area contributed by atoms with E-state index in [1.807, 2.05) is 29.2 Å². The summed E-state index contributed by atoms with van der Waals surface area (Å²) in [5.74, 6) is 0.0432. The van der Waals surface area contributed by atoms with Crippen LogP contribution in [-0.2, 0) is 29.1 Å². The lowest BCUT2D eigenvalue weighted by molar-refractivity contribution is -0.137. The number of amides is 2. The maximum absolute atomic E-state index is 12.4. The molecule has 0 radical (unpaired) electrons. The molecular formula is C19H21ClN2O2S. The van der Waals surface area contributed by atoms with Crippen LogP contribution in [0.5, 0.6) is 0 Å². The van der Waals surface area contributed by atoms with Gasteiger partial charge in [-0.15, -0.1) is 11.3 Å². The minimum absolute atomic E-state index is 0.0171. The first-order valence-corrected chi connectivity index (χ1v) is 9.60. The number of hydrogen-bond acceptors (Lipinski definition) is 3. The van der Waals surface area contributed by atoms with Crippen molar-refractivity contribution in [3.05, 3.63) is 56.7 Å². The predicted molar refractivity (Wildman–Crippen MR) is 101 cm³/mol. The maximum atomic E-state index is 12.4. The number of halogens is 1. The summed E-state index contributed by atoms with van der Waals surface area (Å²) in [4.78, 5) is 29.6. The first-order chi connectivity index (χ1) is 12.0. The second kappa shape index (κ2) is 8.02. The van der Waals surface area contributed by atoms with Gasteiger partial charge in [-0.05, 0) is 41.1 Å². The summed E-state index contributed by atoms with van der Waals surface area (Å²) in [6.45, 7) is 1.94. The Kier molecular flexibility index (Phi) is 5.76. The molecule has 132 valence electrons. The van der Waals surface area contributed by atoms with E-state index in [0.717, 1.165) is 18.5 Å². The fourth-order valence-corrected chi connectivity index (χ4v) is 3.99. The Morgan fingerprint density at radius 3 is 2.72 bits per heavy atom. The second-order valence-electron chi connectivity index (χ2n) is 6.31. The standard InChI is InChI=1S/C19H21ClN2O2S/c1-21(12-14-2-4-16(20)5-3-14)18(23)6-7-19(24)22-10-8-17-15(13-22)9-11-25-17/h2-5,9,11H,6-8,10,12-13H2,1H3. The molecule has 3 rings (SSSR count). The van der Waals surface area contributed by atoms with Crippen molar-refractivity contribution in [1.29, 1.82) is 0 Å². The van der Waals surface area contributed by atoms with Gasteiger partial charge in [-0.1, -0.05) is 23.7 Å². The molecule has 0 saturated carbocycles. The Bertz CT molecular complexity index is 757. The van der Waals surface area contributed by atoms with Gasteiger partial charge < -0.3 is 9.80 Å². The lowest BCUT2D eigenvalue weighted by Crippen LogP contribution is -2.36. The summed E-state index contributed by atoms with van der Waals surface area (Å²) < 4.78 is 0. The molecule has 1 aliphatic rings. The summed E-state index contributed by atoms with van der Waals surface area (Å²) in [7, 11) is 1.76. The van der Waals surface area contributed by atoms with Gasteiger partial charge in [0.25, 0.3) is 0 Å². The van der Waals surface area contributed by atoms with E-state index in [0.29, 0.717) is 18.1 Å². The van der Waals surface area contributed by atoms with E-state index >= 15 is 0 Å². The number of rotatable bonds is 5. The van der Waals surface area contributed by atoms with E-state index in [2.05, 4.69) is 11.4 Å². The highest BCUT2D eigenvalue weighted by Crippen LogP contribution is 2.24. The van der Waals surface area contributed by atoms with Crippen LogP contribution in [-0.4, -0.2) is 35.2 Å². The highest BCUT2D eigenvalue weighted by Gasteiger charge is 2.22. The molecule has 2 amide bonds. The number of benzene rings is 1. The SMILES string of the molecule is CN(Cc1ccc(Cl)cc1)C(=O)CCC(=O)N1CCc2sccc2C1. The zero-order valence-electron chi connectivity index (χ0n) is 14.2. The summed E-state index contributed by atoms with van der Waals surface area (Å²) in [6.07, 6.45) is 1.43. The largest absolute Gasteiger partial charge is 0.341 e. The van der Waals surface area contributed by atoms with Crippen molar-refractivity contribution in [2.45, 2.75) is 32.4 Å². The predicted octanol–water partition coefficient (Wildman–Crippen LogP) is 3.73. The quantitative estimate of drug-likeness (QED) is 0.797. The van der Waals surface area contributed by atoms with Crippen LogP contribution < -0.4 is 0 Å². The fourth-order valence-electron chi connectivity index (χ4n) is 2.98. The van der Waals surface area contributed by atoms with Gasteiger partial charge in [0.05, 0.1) is 0 Å². The van der Waals surface area contributed by atoms with E-state index in [4.69, 9.17) is 11.6 Å². The van der Waals surface area contributed by atoms with Crippen molar-refractivity contribution >= 4 is 34.8 Å². The number of carbonyl (C=O) groups is 2. The average molecular weight is 377 g/mol. The van der Waals surface area contributed by atoms with Crippen molar-refractivity contribution in [2.24, 2.45) is 0 Å². The molecule has 1 aromatic heterocycles. The van der Waals surface area contributed by atoms with Crippen LogP contribution in [0.1, 0.15) is 28.8 Å². The summed E-state index contributed by atoms with van der Waals surface area (Å²) in [6, 6.07) is 9.53. The first-order valence-electron chi connectivity index (χ1n) is 8.34. The molecule has 6 heteroatoms. The maximum Gasteiger partial charge on any atom is 0.223 e. The number of nitrogens with zero attached hydrogens (tertiary/aromatic N) is 2. The average Bonchev–Trinajstić information content (AvgIpc) is 3.08. The molecule has 25 heavy (non-hydrogen) atoms. The zero-order chi connectivity index (χ0) is 17.8. The number of fused-ring (bicyclic) bond motifs is 1. The third-order valence-electron chi connectivity index (χ3n) is 4.47. The van der Waals surface area contributed by atoms with Crippen LogP contribution in [0.3, 0.4) is 0 Å². The van der Waals surface area contributed by atoms with Crippen LogP contribution in [0.2, 0.25) is 5.02 Å². The van der Waals surface area contributed by atoms with Crippen LogP contribution >= 0.6 is 22.9 Å². The van der Waals surface area contributed by atoms with E-state index < -0.39 is 0 Å². The lowest BCUT2D eigenvalue weighted by atomic mass is 10.1. The van der Waals surface area contributed by atoms with E-state index in [1.165, 1.54) is 10.4 Å². The topological polar surface area (TPSA) is 40.6 Å². The fraction of sp³-hybridized carbons (Fsp3) is 0.368. The van der Waals surface area contributed by atoms with Crippen molar-refractivity contribution in [3.8, 4) is 0 Å². The van der Waals surface area contributed by atoms with Gasteiger partial charge in [0.1, 0.15) is 0 Å². The molecular weight excluding hydrogens is 356 g/mol. The molecule has 2 aromatic rings. The highest BCUT2D eigenvalue weighted by atomic mass is 35.5. The Balaban J connectivity index is 1.46. The van der Waals surface area contributed by atoms with Crippen LogP contribution in [0, 0.1) is 0 Å². The molecule has 0 spiro atoms. The minimum Gasteiger partial charge on any atom is -0.341 e. The first kappa shape index (κ1) is 18.0. The normalized spacial score (nSPS) is 13.4. The molecule has 0 saturated heterocycles. The third kappa shape index (κ3) is 4.61. The molecule has 0 atom stereocenters. The van der Waals surface area contributed by atoms with Crippen molar-refractivity contribution < 1.29 is 9.59 Å². The number of hydrogen-bond donors (Lipinski definition) is 0. The van der Waals surface area contributed by atoms with E-state index in [-0.39, 0.29) is 24.7 Å². The lowest BCUT2D eigenvalue weighted by Gasteiger charge is -2.27. The summed E-state index contributed by atoms with van der Waals surface area (Å²) >= 11 is 7.63. The van der Waals surface area contributed by atoms with Gasteiger partial charge in [-0.25, -0.2) is 0 Å². The Morgan fingerprint density at radius 2 is 1.96 bits per heavy atom. The molecule has 0 bridgehead atoms. The van der Waals surface area contributed by atoms with Gasteiger partial charge in [-0.2, -0.15) is 0 Å². The molecule has 0 unspecified atom stereocenters. The molecule has 1 aliphatic heterocycles. The monoisotopic (exact) mass is 376 g/mol. The van der Waals surface area contributed by atoms with Crippen molar-refractivity contribution in [1.82, 2.24) is 9.80 Å². The van der Waals surface area contributed by atoms with Gasteiger partial charge in [0.2, 0.25) is 11.8 Å². The molecule has 2 heterocycles. The van der Waals surface area contributed by atoms with E-state index in [9.17, 15) is 9.59 Å². The molecule has 0 aliphatic carbocycles. The summed E-state index contributed by atoms with van der Waals surface area (Å²) in [5, 5.41) is 2.76. The van der Waals surface area contributed by atoms with Crippen LogP contribution in [0.15, 0.2) is 35.7 Å². The number of carbonyl (C=O) groups excluding carboxylic acids is 2. The van der Waals surface area contributed by atoms with Crippen molar-refractivity contribution in [2.75, 3.05) is 13.6 Å².